The Labute approximate surface area is 220 Å². The summed E-state index contributed by atoms with van der Waals surface area (Å²) in [7, 11) is 0. The zero-order chi connectivity index (χ0) is 27.6. The topological polar surface area (TPSA) is 96.6 Å². The van der Waals surface area contributed by atoms with Gasteiger partial charge in [-0.15, -0.1) is 5.10 Å². The fourth-order valence-corrected chi connectivity index (χ4v) is 4.22. The van der Waals surface area contributed by atoms with E-state index >= 15 is 0 Å². The summed E-state index contributed by atoms with van der Waals surface area (Å²) in [5, 5.41) is 20.4. The number of aromatic nitrogens is 3. The molecule has 5 rings (SSSR count). The van der Waals surface area contributed by atoms with Crippen molar-refractivity contribution in [3.8, 4) is 11.1 Å². The van der Waals surface area contributed by atoms with Crippen molar-refractivity contribution in [2.45, 2.75) is 19.1 Å². The number of aromatic carboxylic acids is 1. The minimum atomic E-state index is -4.44. The van der Waals surface area contributed by atoms with Crippen molar-refractivity contribution in [2.75, 3.05) is 0 Å². The largest absolute Gasteiger partial charge is 0.478 e. The van der Waals surface area contributed by atoms with Crippen molar-refractivity contribution in [3.63, 3.8) is 0 Å². The van der Waals surface area contributed by atoms with Gasteiger partial charge in [-0.05, 0) is 47.0 Å². The minimum absolute atomic E-state index is 0.139. The molecule has 0 unspecified atom stereocenters. The SMILES string of the molecule is O=C(O)c1ccc(CNC(=O)c2cc(-c3ccccc3)cn3nnc(Cc4ccc(C(F)(F)F)cc4)c23)cc1. The van der Waals surface area contributed by atoms with E-state index in [1.165, 1.54) is 28.8 Å². The number of carboxylic acid groups (broad SMARTS) is 1. The molecule has 10 heteroatoms. The molecular formula is C29H21F3N4O3. The van der Waals surface area contributed by atoms with Crippen LogP contribution in [0, 0.1) is 0 Å². The summed E-state index contributed by atoms with van der Waals surface area (Å²) >= 11 is 0. The molecule has 0 radical (unpaired) electrons. The number of hydrogen-bond acceptors (Lipinski definition) is 4. The second-order valence-corrected chi connectivity index (χ2v) is 8.89. The first-order valence-electron chi connectivity index (χ1n) is 11.9. The molecule has 0 aliphatic carbocycles. The molecular weight excluding hydrogens is 509 g/mol. The van der Waals surface area contributed by atoms with Gasteiger partial charge >= 0.3 is 12.1 Å². The van der Waals surface area contributed by atoms with Gasteiger partial charge in [-0.3, -0.25) is 4.79 Å². The van der Waals surface area contributed by atoms with Crippen LogP contribution in [0.2, 0.25) is 0 Å². The van der Waals surface area contributed by atoms with E-state index in [-0.39, 0.29) is 18.5 Å². The number of carbonyl (C=O) groups is 2. The number of nitrogens with one attached hydrogen (secondary N) is 1. The Kier molecular flexibility index (Phi) is 6.84. The maximum atomic E-state index is 13.4. The first-order chi connectivity index (χ1) is 18.7. The van der Waals surface area contributed by atoms with E-state index in [1.807, 2.05) is 30.3 Å². The molecule has 0 saturated heterocycles. The van der Waals surface area contributed by atoms with E-state index in [4.69, 9.17) is 5.11 Å². The number of amides is 1. The third kappa shape index (κ3) is 5.64. The molecule has 2 heterocycles. The van der Waals surface area contributed by atoms with Gasteiger partial charge in [-0.1, -0.05) is 59.8 Å². The van der Waals surface area contributed by atoms with Crippen molar-refractivity contribution in [3.05, 3.63) is 125 Å². The maximum Gasteiger partial charge on any atom is 0.416 e. The van der Waals surface area contributed by atoms with Crippen LogP contribution < -0.4 is 5.32 Å². The Bertz CT molecular complexity index is 1650. The molecule has 0 atom stereocenters. The van der Waals surface area contributed by atoms with Crippen LogP contribution in [0.1, 0.15) is 43.1 Å². The van der Waals surface area contributed by atoms with Crippen LogP contribution in [-0.2, 0) is 19.1 Å². The number of halogens is 3. The highest BCUT2D eigenvalue weighted by atomic mass is 19.4. The number of rotatable bonds is 7. The van der Waals surface area contributed by atoms with Gasteiger partial charge in [0.2, 0.25) is 0 Å². The van der Waals surface area contributed by atoms with Crippen LogP contribution in [0.3, 0.4) is 0 Å². The second kappa shape index (κ2) is 10.4. The van der Waals surface area contributed by atoms with Gasteiger partial charge in [-0.2, -0.15) is 13.2 Å². The quantitative estimate of drug-likeness (QED) is 0.284. The number of carbonyl (C=O) groups excluding carboxylic acids is 1. The van der Waals surface area contributed by atoms with Crippen LogP contribution in [-0.4, -0.2) is 31.8 Å². The maximum absolute atomic E-state index is 13.4. The van der Waals surface area contributed by atoms with Crippen molar-refractivity contribution < 1.29 is 27.9 Å². The van der Waals surface area contributed by atoms with E-state index < -0.39 is 23.6 Å². The highest BCUT2D eigenvalue weighted by Crippen LogP contribution is 2.30. The second-order valence-electron chi connectivity index (χ2n) is 8.89. The average molecular weight is 531 g/mol. The molecule has 0 saturated carbocycles. The molecule has 0 fully saturated rings. The number of fused-ring (bicyclic) bond motifs is 1. The van der Waals surface area contributed by atoms with Crippen molar-refractivity contribution >= 4 is 17.4 Å². The predicted molar refractivity (Wildman–Crippen MR) is 137 cm³/mol. The molecule has 196 valence electrons. The first kappa shape index (κ1) is 25.7. The fraction of sp³-hybridized carbons (Fsp3) is 0.103. The number of benzene rings is 3. The summed E-state index contributed by atoms with van der Waals surface area (Å²) < 4.78 is 40.4. The molecule has 0 aliphatic heterocycles. The van der Waals surface area contributed by atoms with E-state index in [9.17, 15) is 22.8 Å². The Balaban J connectivity index is 1.49. The van der Waals surface area contributed by atoms with Gasteiger partial charge in [0.1, 0.15) is 5.52 Å². The first-order valence-corrected chi connectivity index (χ1v) is 11.9. The summed E-state index contributed by atoms with van der Waals surface area (Å²) in [6.45, 7) is 0.149. The van der Waals surface area contributed by atoms with E-state index in [0.29, 0.717) is 27.9 Å². The molecule has 0 aliphatic rings. The fourth-order valence-electron chi connectivity index (χ4n) is 4.22. The highest BCUT2D eigenvalue weighted by Gasteiger charge is 2.30. The van der Waals surface area contributed by atoms with Crippen LogP contribution in [0.25, 0.3) is 16.6 Å². The molecule has 2 N–H and O–H groups in total. The Hall–Kier alpha value is -4.99. The van der Waals surface area contributed by atoms with Gasteiger partial charge in [0.05, 0.1) is 22.4 Å². The molecule has 7 nitrogen and oxygen atoms in total. The van der Waals surface area contributed by atoms with E-state index in [0.717, 1.165) is 23.3 Å². The lowest BCUT2D eigenvalue weighted by Crippen LogP contribution is -2.24. The number of nitrogens with zero attached hydrogens (tertiary/aromatic N) is 3. The monoisotopic (exact) mass is 530 g/mol. The molecule has 3 aromatic carbocycles. The number of hydrogen-bond donors (Lipinski definition) is 2. The molecule has 39 heavy (non-hydrogen) atoms. The van der Waals surface area contributed by atoms with Crippen LogP contribution >= 0.6 is 0 Å². The lowest BCUT2D eigenvalue weighted by molar-refractivity contribution is -0.137. The summed E-state index contributed by atoms with van der Waals surface area (Å²) in [5.41, 5.74) is 3.44. The van der Waals surface area contributed by atoms with Crippen LogP contribution in [0.5, 0.6) is 0 Å². The van der Waals surface area contributed by atoms with Gasteiger partial charge < -0.3 is 10.4 Å². The number of pyridine rings is 1. The standard InChI is InChI=1S/C29H21F3N4O3/c30-29(31,32)23-12-8-18(9-13-23)14-25-26-24(27(37)33-16-19-6-10-21(11-7-19)28(38)39)15-22(17-36(26)35-34-25)20-4-2-1-3-5-20/h1-13,15,17H,14,16H2,(H,33,37)(H,38,39). The van der Waals surface area contributed by atoms with Crippen LogP contribution in [0.15, 0.2) is 91.1 Å². The number of carboxylic acids is 1. The normalized spacial score (nSPS) is 11.5. The van der Waals surface area contributed by atoms with Gasteiger partial charge in [0, 0.05) is 24.7 Å². The molecule has 0 spiro atoms. The third-order valence-electron chi connectivity index (χ3n) is 6.24. The molecule has 1 amide bonds. The summed E-state index contributed by atoms with van der Waals surface area (Å²) in [4.78, 5) is 24.5. The summed E-state index contributed by atoms with van der Waals surface area (Å²) in [6, 6.07) is 22.1. The van der Waals surface area contributed by atoms with Crippen LogP contribution in [0.4, 0.5) is 13.2 Å². The zero-order valence-corrected chi connectivity index (χ0v) is 20.3. The molecule has 0 bridgehead atoms. The lowest BCUT2D eigenvalue weighted by atomic mass is 10.0. The Morgan fingerprint density at radius 3 is 2.18 bits per heavy atom. The lowest BCUT2D eigenvalue weighted by Gasteiger charge is -2.11. The van der Waals surface area contributed by atoms with Gasteiger partial charge in [-0.25, -0.2) is 9.31 Å². The third-order valence-corrected chi connectivity index (χ3v) is 6.24. The van der Waals surface area contributed by atoms with Crippen molar-refractivity contribution in [1.82, 2.24) is 20.1 Å². The average Bonchev–Trinajstić information content (AvgIpc) is 3.34. The smallest absolute Gasteiger partial charge is 0.416 e. The van der Waals surface area contributed by atoms with E-state index in [1.54, 1.807) is 24.4 Å². The molecule has 2 aromatic heterocycles. The summed E-state index contributed by atoms with van der Waals surface area (Å²) in [5.74, 6) is -1.45. The van der Waals surface area contributed by atoms with E-state index in [2.05, 4.69) is 15.6 Å². The number of alkyl halides is 3. The highest BCUT2D eigenvalue weighted by molar-refractivity contribution is 6.02. The zero-order valence-electron chi connectivity index (χ0n) is 20.3. The Morgan fingerprint density at radius 2 is 1.54 bits per heavy atom. The van der Waals surface area contributed by atoms with Gasteiger partial charge in [0.25, 0.3) is 5.91 Å². The van der Waals surface area contributed by atoms with Crippen molar-refractivity contribution in [1.29, 1.82) is 0 Å². The van der Waals surface area contributed by atoms with Crippen molar-refractivity contribution in [2.24, 2.45) is 0 Å². The van der Waals surface area contributed by atoms with Gasteiger partial charge in [0.15, 0.2) is 0 Å². The predicted octanol–water partition coefficient (Wildman–Crippen LogP) is 5.63. The summed E-state index contributed by atoms with van der Waals surface area (Å²) in [6.07, 6.45) is -2.52. The molecule has 5 aromatic rings. The minimum Gasteiger partial charge on any atom is -0.478 e. The Morgan fingerprint density at radius 1 is 0.872 bits per heavy atom.